The highest BCUT2D eigenvalue weighted by atomic mass is 16.5. The third kappa shape index (κ3) is 4.81. The van der Waals surface area contributed by atoms with Gasteiger partial charge in [0.15, 0.2) is 11.5 Å². The van der Waals surface area contributed by atoms with Gasteiger partial charge >= 0.3 is 0 Å². The van der Waals surface area contributed by atoms with Crippen molar-refractivity contribution < 1.29 is 14.7 Å². The Hall–Kier alpha value is -2.49. The van der Waals surface area contributed by atoms with Crippen LogP contribution in [0.3, 0.4) is 0 Å². The van der Waals surface area contributed by atoms with Gasteiger partial charge in [0.25, 0.3) is 0 Å². The predicted molar refractivity (Wildman–Crippen MR) is 87.2 cm³/mol. The van der Waals surface area contributed by atoms with E-state index in [9.17, 15) is 0 Å². The molecule has 0 saturated carbocycles. The third-order valence-corrected chi connectivity index (χ3v) is 3.18. The predicted octanol–water partition coefficient (Wildman–Crippen LogP) is 3.91. The average molecular weight is 299 g/mol. The third-order valence-electron chi connectivity index (χ3n) is 3.18. The van der Waals surface area contributed by atoms with Gasteiger partial charge in [-0.2, -0.15) is 0 Å². The van der Waals surface area contributed by atoms with E-state index in [-0.39, 0.29) is 0 Å². The van der Waals surface area contributed by atoms with Gasteiger partial charge in [0.2, 0.25) is 0 Å². The fraction of sp³-hybridized carbons (Fsp3) is 0.278. The molecular formula is C18H21NO3. The molecule has 0 aliphatic heterocycles. The molecule has 0 heterocycles. The molecule has 0 amide bonds. The van der Waals surface area contributed by atoms with Gasteiger partial charge in [-0.15, -0.1) is 0 Å². The second-order valence-corrected chi connectivity index (χ2v) is 4.82. The van der Waals surface area contributed by atoms with Gasteiger partial charge in [-0.05, 0) is 43.5 Å². The average Bonchev–Trinajstić information content (AvgIpc) is 2.55. The van der Waals surface area contributed by atoms with Crippen molar-refractivity contribution in [1.29, 1.82) is 0 Å². The number of hydrogen-bond donors (Lipinski definition) is 1. The monoisotopic (exact) mass is 299 g/mol. The van der Waals surface area contributed by atoms with E-state index in [1.807, 2.05) is 37.3 Å². The van der Waals surface area contributed by atoms with Crippen molar-refractivity contribution in [3.63, 3.8) is 0 Å². The fourth-order valence-electron chi connectivity index (χ4n) is 2.16. The summed E-state index contributed by atoms with van der Waals surface area (Å²) in [5, 5.41) is 11.6. The van der Waals surface area contributed by atoms with Crippen LogP contribution >= 0.6 is 0 Å². The molecule has 2 aromatic carbocycles. The molecule has 2 aromatic rings. The Morgan fingerprint density at radius 2 is 1.86 bits per heavy atom. The van der Waals surface area contributed by atoms with Gasteiger partial charge in [0.05, 0.1) is 19.4 Å². The highest BCUT2D eigenvalue weighted by molar-refractivity contribution is 5.80. The number of oxime groups is 1. The van der Waals surface area contributed by atoms with Gasteiger partial charge in [0, 0.05) is 5.56 Å². The molecule has 0 saturated heterocycles. The molecule has 0 aliphatic rings. The molecule has 4 nitrogen and oxygen atoms in total. The Labute approximate surface area is 131 Å². The van der Waals surface area contributed by atoms with Crippen LogP contribution in [0.2, 0.25) is 0 Å². The zero-order valence-corrected chi connectivity index (χ0v) is 12.7. The summed E-state index contributed by atoms with van der Waals surface area (Å²) in [6.07, 6.45) is 3.29. The maximum absolute atomic E-state index is 8.59. The van der Waals surface area contributed by atoms with Crippen molar-refractivity contribution in [3.05, 3.63) is 59.7 Å². The Kier molecular flexibility index (Phi) is 6.30. The largest absolute Gasteiger partial charge is 0.490 e. The van der Waals surface area contributed by atoms with Crippen LogP contribution in [0.15, 0.2) is 53.7 Å². The minimum atomic E-state index is 0.556. The molecule has 0 aromatic heterocycles. The van der Waals surface area contributed by atoms with Crippen molar-refractivity contribution in [1.82, 2.24) is 0 Å². The number of benzene rings is 2. The number of rotatable bonds is 8. The first kappa shape index (κ1) is 15.9. The molecule has 0 radical (unpaired) electrons. The molecule has 0 fully saturated rings. The van der Waals surface area contributed by atoms with E-state index in [4.69, 9.17) is 14.7 Å². The fourth-order valence-corrected chi connectivity index (χ4v) is 2.16. The highest BCUT2D eigenvalue weighted by Gasteiger charge is 2.06. The number of ether oxygens (including phenoxy) is 2. The van der Waals surface area contributed by atoms with Gasteiger partial charge in [0.1, 0.15) is 0 Å². The number of aryl methyl sites for hydroxylation is 1. The van der Waals surface area contributed by atoms with Crippen molar-refractivity contribution in [2.45, 2.75) is 19.8 Å². The molecule has 2 rings (SSSR count). The van der Waals surface area contributed by atoms with Gasteiger partial charge in [-0.3, -0.25) is 0 Å². The molecule has 0 spiro atoms. The Morgan fingerprint density at radius 1 is 1.05 bits per heavy atom. The van der Waals surface area contributed by atoms with Crippen LogP contribution in [-0.4, -0.2) is 24.6 Å². The van der Waals surface area contributed by atoms with E-state index in [0.717, 1.165) is 18.4 Å². The van der Waals surface area contributed by atoms with Gasteiger partial charge < -0.3 is 14.7 Å². The summed E-state index contributed by atoms with van der Waals surface area (Å²) in [6, 6.07) is 15.8. The first-order valence-corrected chi connectivity index (χ1v) is 7.44. The SMILES string of the molecule is CCOc1cc(C=NO)ccc1OCCCc1ccccc1. The molecule has 22 heavy (non-hydrogen) atoms. The molecule has 0 unspecified atom stereocenters. The van der Waals surface area contributed by atoms with Gasteiger partial charge in [-0.1, -0.05) is 35.5 Å². The summed E-state index contributed by atoms with van der Waals surface area (Å²) in [7, 11) is 0. The normalized spacial score (nSPS) is 10.8. The lowest BCUT2D eigenvalue weighted by atomic mass is 10.1. The summed E-state index contributed by atoms with van der Waals surface area (Å²) in [4.78, 5) is 0. The Morgan fingerprint density at radius 3 is 2.59 bits per heavy atom. The van der Waals surface area contributed by atoms with E-state index >= 15 is 0 Å². The summed E-state index contributed by atoms with van der Waals surface area (Å²) >= 11 is 0. The topological polar surface area (TPSA) is 51.0 Å². The first-order chi connectivity index (χ1) is 10.8. The highest BCUT2D eigenvalue weighted by Crippen LogP contribution is 2.28. The molecule has 116 valence electrons. The van der Waals surface area contributed by atoms with Crippen LogP contribution in [-0.2, 0) is 6.42 Å². The standard InChI is InChI=1S/C18H21NO3/c1-2-21-18-13-16(14-19-20)10-11-17(18)22-12-6-9-15-7-4-3-5-8-15/h3-5,7-8,10-11,13-14,20H,2,6,9,12H2,1H3. The van der Waals surface area contributed by atoms with E-state index in [1.165, 1.54) is 11.8 Å². The smallest absolute Gasteiger partial charge is 0.161 e. The van der Waals surface area contributed by atoms with E-state index in [0.29, 0.717) is 24.7 Å². The minimum Gasteiger partial charge on any atom is -0.490 e. The van der Waals surface area contributed by atoms with Gasteiger partial charge in [-0.25, -0.2) is 0 Å². The van der Waals surface area contributed by atoms with Crippen molar-refractivity contribution in [3.8, 4) is 11.5 Å². The van der Waals surface area contributed by atoms with E-state index in [2.05, 4.69) is 17.3 Å². The zero-order valence-electron chi connectivity index (χ0n) is 12.7. The summed E-state index contributed by atoms with van der Waals surface area (Å²) in [5.74, 6) is 1.38. The van der Waals surface area contributed by atoms with E-state index in [1.54, 1.807) is 6.07 Å². The number of hydrogen-bond acceptors (Lipinski definition) is 4. The molecule has 0 aliphatic carbocycles. The van der Waals surface area contributed by atoms with Crippen LogP contribution in [0.25, 0.3) is 0 Å². The van der Waals surface area contributed by atoms with Crippen LogP contribution in [0.4, 0.5) is 0 Å². The van der Waals surface area contributed by atoms with Crippen molar-refractivity contribution >= 4 is 6.21 Å². The summed E-state index contributed by atoms with van der Waals surface area (Å²) < 4.78 is 11.4. The molecule has 0 bridgehead atoms. The molecular weight excluding hydrogens is 278 g/mol. The lowest BCUT2D eigenvalue weighted by Crippen LogP contribution is -2.02. The van der Waals surface area contributed by atoms with Crippen LogP contribution < -0.4 is 9.47 Å². The second kappa shape index (κ2) is 8.72. The molecule has 0 atom stereocenters. The molecule has 1 N–H and O–H groups in total. The maximum Gasteiger partial charge on any atom is 0.161 e. The van der Waals surface area contributed by atoms with Crippen LogP contribution in [0, 0.1) is 0 Å². The van der Waals surface area contributed by atoms with E-state index < -0.39 is 0 Å². The minimum absolute atomic E-state index is 0.556. The lowest BCUT2D eigenvalue weighted by Gasteiger charge is -2.12. The summed E-state index contributed by atoms with van der Waals surface area (Å²) in [6.45, 7) is 3.11. The number of nitrogens with zero attached hydrogens (tertiary/aromatic N) is 1. The van der Waals surface area contributed by atoms with Crippen molar-refractivity contribution in [2.75, 3.05) is 13.2 Å². The lowest BCUT2D eigenvalue weighted by molar-refractivity contribution is 0.273. The quantitative estimate of drug-likeness (QED) is 0.348. The first-order valence-electron chi connectivity index (χ1n) is 7.44. The van der Waals surface area contributed by atoms with Crippen LogP contribution in [0.1, 0.15) is 24.5 Å². The van der Waals surface area contributed by atoms with Crippen molar-refractivity contribution in [2.24, 2.45) is 5.16 Å². The zero-order chi connectivity index (χ0) is 15.6. The maximum atomic E-state index is 8.59. The Balaban J connectivity index is 1.91. The summed E-state index contributed by atoms with van der Waals surface area (Å²) in [5.41, 5.74) is 2.08. The molecule has 4 heteroatoms. The van der Waals surface area contributed by atoms with Crippen LogP contribution in [0.5, 0.6) is 11.5 Å². The second-order valence-electron chi connectivity index (χ2n) is 4.82. The Bertz CT molecular complexity index is 597.